The first-order valence-corrected chi connectivity index (χ1v) is 5.38. The molecule has 1 heterocycles. The Kier molecular flexibility index (Phi) is 2.93. The van der Waals surface area contributed by atoms with E-state index in [1.807, 2.05) is 13.1 Å². The fourth-order valence-electron chi connectivity index (χ4n) is 1.61. The van der Waals surface area contributed by atoms with Crippen molar-refractivity contribution in [3.05, 3.63) is 28.9 Å². The zero-order chi connectivity index (χ0) is 10.8. The lowest BCUT2D eigenvalue weighted by Gasteiger charge is -2.09. The van der Waals surface area contributed by atoms with E-state index < -0.39 is 0 Å². The molecule has 2 aromatic rings. The number of fused-ring (bicyclic) bond motifs is 1. The lowest BCUT2D eigenvalue weighted by atomic mass is 10.1. The second-order valence-corrected chi connectivity index (χ2v) is 4.16. The summed E-state index contributed by atoms with van der Waals surface area (Å²) < 4.78 is 0. The highest BCUT2D eigenvalue weighted by atomic mass is 35.5. The number of likely N-dealkylation sites (N-methyl/N-ethyl adjacent to an activating group) is 1. The normalized spacial score (nSPS) is 13.3. The molecule has 0 radical (unpaired) electrons. The van der Waals surface area contributed by atoms with Crippen molar-refractivity contribution >= 4 is 22.5 Å². The zero-order valence-corrected chi connectivity index (χ0v) is 9.60. The van der Waals surface area contributed by atoms with Gasteiger partial charge in [0.25, 0.3) is 0 Å². The summed E-state index contributed by atoms with van der Waals surface area (Å²) in [4.78, 5) is 0. The summed E-state index contributed by atoms with van der Waals surface area (Å²) in [5, 5.41) is 11.7. The Morgan fingerprint density at radius 3 is 3.07 bits per heavy atom. The molecule has 80 valence electrons. The van der Waals surface area contributed by atoms with Crippen LogP contribution in [0.25, 0.3) is 10.9 Å². The lowest BCUT2D eigenvalue weighted by Crippen LogP contribution is -2.23. The molecule has 0 amide bonds. The quantitative estimate of drug-likeness (QED) is 0.839. The van der Waals surface area contributed by atoms with Gasteiger partial charge in [-0.25, -0.2) is 0 Å². The van der Waals surface area contributed by atoms with E-state index in [9.17, 15) is 0 Å². The largest absolute Gasteiger partial charge is 0.317 e. The molecule has 4 heteroatoms. The molecule has 1 aromatic carbocycles. The molecule has 0 aliphatic heterocycles. The van der Waals surface area contributed by atoms with Crippen molar-refractivity contribution in [1.29, 1.82) is 0 Å². The van der Waals surface area contributed by atoms with Crippen molar-refractivity contribution in [3.63, 3.8) is 0 Å². The fraction of sp³-hybridized carbons (Fsp3) is 0.364. The average Bonchev–Trinajstić information content (AvgIpc) is 2.60. The number of hydrogen-bond donors (Lipinski definition) is 2. The molecule has 2 rings (SSSR count). The smallest absolute Gasteiger partial charge is 0.132 e. The van der Waals surface area contributed by atoms with Crippen LogP contribution < -0.4 is 5.32 Å². The lowest BCUT2D eigenvalue weighted by molar-refractivity contribution is 0.609. The molecule has 0 aliphatic carbocycles. The Morgan fingerprint density at radius 2 is 2.33 bits per heavy atom. The number of rotatable bonds is 3. The highest BCUT2D eigenvalue weighted by molar-refractivity contribution is 6.34. The predicted molar refractivity (Wildman–Crippen MR) is 63.3 cm³/mol. The summed E-state index contributed by atoms with van der Waals surface area (Å²) in [5.74, 6) is 0. The van der Waals surface area contributed by atoms with Gasteiger partial charge in [0.2, 0.25) is 0 Å². The van der Waals surface area contributed by atoms with Crippen molar-refractivity contribution in [1.82, 2.24) is 15.5 Å². The van der Waals surface area contributed by atoms with E-state index >= 15 is 0 Å². The van der Waals surface area contributed by atoms with Gasteiger partial charge in [-0.3, -0.25) is 5.10 Å². The van der Waals surface area contributed by atoms with Gasteiger partial charge in [0.05, 0.1) is 5.52 Å². The van der Waals surface area contributed by atoms with Gasteiger partial charge in [-0.2, -0.15) is 5.10 Å². The summed E-state index contributed by atoms with van der Waals surface area (Å²) in [6.45, 7) is 2.15. The number of aromatic amines is 1. The van der Waals surface area contributed by atoms with E-state index in [2.05, 4.69) is 34.6 Å². The molecule has 0 bridgehead atoms. The Labute approximate surface area is 93.8 Å². The molecule has 0 saturated carbocycles. The first-order chi connectivity index (χ1) is 7.20. The Morgan fingerprint density at radius 1 is 1.53 bits per heavy atom. The number of halogens is 1. The number of benzene rings is 1. The third-order valence-corrected chi connectivity index (χ3v) is 2.89. The van der Waals surface area contributed by atoms with Gasteiger partial charge in [0.1, 0.15) is 5.15 Å². The van der Waals surface area contributed by atoms with E-state index in [-0.39, 0.29) is 0 Å². The van der Waals surface area contributed by atoms with Crippen LogP contribution in [0.15, 0.2) is 18.2 Å². The maximum atomic E-state index is 5.98. The maximum absolute atomic E-state index is 5.98. The van der Waals surface area contributed by atoms with Gasteiger partial charge in [-0.05, 0) is 38.1 Å². The van der Waals surface area contributed by atoms with E-state index in [0.717, 1.165) is 17.3 Å². The summed E-state index contributed by atoms with van der Waals surface area (Å²) in [7, 11) is 1.97. The molecule has 15 heavy (non-hydrogen) atoms. The molecule has 0 saturated heterocycles. The van der Waals surface area contributed by atoms with Crippen molar-refractivity contribution in [2.75, 3.05) is 7.05 Å². The van der Waals surface area contributed by atoms with Gasteiger partial charge in [-0.15, -0.1) is 0 Å². The highest BCUT2D eigenvalue weighted by Gasteiger charge is 2.05. The minimum absolute atomic E-state index is 0.466. The Balaban J connectivity index is 2.33. The third kappa shape index (κ3) is 2.13. The molecule has 3 nitrogen and oxygen atoms in total. The highest BCUT2D eigenvalue weighted by Crippen LogP contribution is 2.21. The fourth-order valence-corrected chi connectivity index (χ4v) is 1.80. The van der Waals surface area contributed by atoms with Crippen LogP contribution in [0.1, 0.15) is 12.5 Å². The Hall–Kier alpha value is -1.06. The molecule has 2 N–H and O–H groups in total. The van der Waals surface area contributed by atoms with E-state index in [1.54, 1.807) is 0 Å². The predicted octanol–water partition coefficient (Wildman–Crippen LogP) is 2.37. The SMILES string of the molecule is CNC(C)Cc1ccc2n[nH]c(Cl)c2c1. The van der Waals surface area contributed by atoms with E-state index in [4.69, 9.17) is 11.6 Å². The molecule has 1 aromatic heterocycles. The average molecular weight is 224 g/mol. The van der Waals surface area contributed by atoms with Crippen LogP contribution in [0.4, 0.5) is 0 Å². The van der Waals surface area contributed by atoms with Gasteiger partial charge >= 0.3 is 0 Å². The number of H-pyrrole nitrogens is 1. The minimum Gasteiger partial charge on any atom is -0.317 e. The molecule has 1 unspecified atom stereocenters. The van der Waals surface area contributed by atoms with Crippen molar-refractivity contribution in [3.8, 4) is 0 Å². The Bertz CT molecular complexity index is 464. The number of nitrogens with zero attached hydrogens (tertiary/aromatic N) is 1. The summed E-state index contributed by atoms with van der Waals surface area (Å²) >= 11 is 5.98. The second kappa shape index (κ2) is 4.21. The van der Waals surface area contributed by atoms with Crippen LogP contribution in [0, 0.1) is 0 Å². The molecule has 1 atom stereocenters. The first kappa shape index (κ1) is 10.5. The zero-order valence-electron chi connectivity index (χ0n) is 8.84. The third-order valence-electron chi connectivity index (χ3n) is 2.61. The van der Waals surface area contributed by atoms with Crippen molar-refractivity contribution in [2.45, 2.75) is 19.4 Å². The van der Waals surface area contributed by atoms with Crippen LogP contribution in [0.5, 0.6) is 0 Å². The number of nitrogens with one attached hydrogen (secondary N) is 2. The monoisotopic (exact) mass is 223 g/mol. The van der Waals surface area contributed by atoms with Gasteiger partial charge in [0.15, 0.2) is 0 Å². The van der Waals surface area contributed by atoms with Crippen LogP contribution in [-0.2, 0) is 6.42 Å². The second-order valence-electron chi connectivity index (χ2n) is 3.78. The van der Waals surface area contributed by atoms with Gasteiger partial charge in [0, 0.05) is 11.4 Å². The molecular weight excluding hydrogens is 210 g/mol. The summed E-state index contributed by atoms with van der Waals surface area (Å²) in [6, 6.07) is 6.64. The molecular formula is C11H14ClN3. The standard InChI is InChI=1S/C11H14ClN3/c1-7(13-2)5-8-3-4-10-9(6-8)11(12)15-14-10/h3-4,6-7,13H,5H2,1-2H3,(H,14,15). The molecule has 0 fully saturated rings. The summed E-state index contributed by atoms with van der Waals surface area (Å²) in [5.41, 5.74) is 2.19. The van der Waals surface area contributed by atoms with Crippen molar-refractivity contribution in [2.24, 2.45) is 0 Å². The van der Waals surface area contributed by atoms with E-state index in [0.29, 0.717) is 11.2 Å². The van der Waals surface area contributed by atoms with Gasteiger partial charge < -0.3 is 5.32 Å². The van der Waals surface area contributed by atoms with Crippen LogP contribution in [0.2, 0.25) is 5.15 Å². The first-order valence-electron chi connectivity index (χ1n) is 5.00. The van der Waals surface area contributed by atoms with Gasteiger partial charge in [-0.1, -0.05) is 17.7 Å². The molecule has 0 aliphatic rings. The maximum Gasteiger partial charge on any atom is 0.132 e. The summed E-state index contributed by atoms with van der Waals surface area (Å²) in [6.07, 6.45) is 0.994. The minimum atomic E-state index is 0.466. The van der Waals surface area contributed by atoms with Crippen molar-refractivity contribution < 1.29 is 0 Å². The molecule has 0 spiro atoms. The van der Waals surface area contributed by atoms with Crippen LogP contribution in [-0.4, -0.2) is 23.3 Å². The number of aromatic nitrogens is 2. The van der Waals surface area contributed by atoms with E-state index in [1.165, 1.54) is 5.56 Å². The van der Waals surface area contributed by atoms with Crippen LogP contribution >= 0.6 is 11.6 Å². The van der Waals surface area contributed by atoms with Crippen LogP contribution in [0.3, 0.4) is 0 Å². The topological polar surface area (TPSA) is 40.7 Å². The number of hydrogen-bond acceptors (Lipinski definition) is 2.